The molecule has 1 N–H and O–H groups in total. The number of rotatable bonds is 7. The van der Waals surface area contributed by atoms with Crippen molar-refractivity contribution in [3.8, 4) is 0 Å². The summed E-state index contributed by atoms with van der Waals surface area (Å²) in [5.74, 6) is 1.22. The molecule has 9 heteroatoms. The normalized spacial score (nSPS) is 30.7. The number of nitrogens with zero attached hydrogens (tertiary/aromatic N) is 3. The molecule has 1 amide bonds. The molecule has 0 spiro atoms. The van der Waals surface area contributed by atoms with Crippen molar-refractivity contribution < 1.29 is 17.7 Å². The molecule has 4 aliphatic rings. The molecule has 2 bridgehead atoms. The standard InChI is InChI=1S/C20H30N4O4S/c25-20(18-13-19(28-22-18)14-3-4-14)21-15-11-16-5-6-17(12-15)24(16)29(26,27)10-9-23-7-1-2-8-23/h13-17H,1-12H2,(H,21,25)/t15-,16-,17+. The van der Waals surface area contributed by atoms with Gasteiger partial charge in [0.15, 0.2) is 5.69 Å². The van der Waals surface area contributed by atoms with E-state index in [-0.39, 0.29) is 29.8 Å². The summed E-state index contributed by atoms with van der Waals surface area (Å²) in [7, 11) is -3.26. The van der Waals surface area contributed by atoms with Crippen LogP contribution >= 0.6 is 0 Å². The second kappa shape index (κ2) is 7.67. The van der Waals surface area contributed by atoms with E-state index < -0.39 is 10.0 Å². The summed E-state index contributed by atoms with van der Waals surface area (Å²) < 4.78 is 33.1. The van der Waals surface area contributed by atoms with Crippen molar-refractivity contribution in [2.75, 3.05) is 25.4 Å². The summed E-state index contributed by atoms with van der Waals surface area (Å²) in [4.78, 5) is 14.8. The van der Waals surface area contributed by atoms with E-state index in [1.165, 1.54) is 12.8 Å². The van der Waals surface area contributed by atoms with E-state index in [1.807, 2.05) is 0 Å². The quantitative estimate of drug-likeness (QED) is 0.719. The van der Waals surface area contributed by atoms with E-state index in [0.29, 0.717) is 31.0 Å². The van der Waals surface area contributed by atoms with Gasteiger partial charge in [-0.25, -0.2) is 8.42 Å². The highest BCUT2D eigenvalue weighted by atomic mass is 32.2. The molecule has 0 radical (unpaired) electrons. The number of aromatic nitrogens is 1. The first-order valence-electron chi connectivity index (χ1n) is 11.0. The summed E-state index contributed by atoms with van der Waals surface area (Å²) in [6.45, 7) is 2.66. The Balaban J connectivity index is 1.18. The number of piperidine rings is 1. The van der Waals surface area contributed by atoms with Gasteiger partial charge in [-0.3, -0.25) is 4.79 Å². The van der Waals surface area contributed by atoms with Crippen LogP contribution in [0, 0.1) is 0 Å². The predicted octanol–water partition coefficient (Wildman–Crippen LogP) is 1.70. The minimum Gasteiger partial charge on any atom is -0.360 e. The van der Waals surface area contributed by atoms with Crippen LogP contribution in [0.2, 0.25) is 0 Å². The maximum Gasteiger partial charge on any atom is 0.273 e. The lowest BCUT2D eigenvalue weighted by atomic mass is 9.99. The maximum absolute atomic E-state index is 13.0. The second-order valence-corrected chi connectivity index (χ2v) is 11.1. The monoisotopic (exact) mass is 422 g/mol. The average molecular weight is 423 g/mol. The Bertz CT molecular complexity index is 846. The lowest BCUT2D eigenvalue weighted by molar-refractivity contribution is 0.0900. The summed E-state index contributed by atoms with van der Waals surface area (Å²) in [6.07, 6.45) is 7.67. The third kappa shape index (κ3) is 4.09. The number of sulfonamides is 1. The highest BCUT2D eigenvalue weighted by molar-refractivity contribution is 7.89. The Morgan fingerprint density at radius 1 is 1.14 bits per heavy atom. The Labute approximate surface area is 172 Å². The van der Waals surface area contributed by atoms with Gasteiger partial charge >= 0.3 is 0 Å². The Morgan fingerprint density at radius 3 is 2.48 bits per heavy atom. The molecule has 160 valence electrons. The molecule has 4 fully saturated rings. The zero-order valence-electron chi connectivity index (χ0n) is 16.8. The summed E-state index contributed by atoms with van der Waals surface area (Å²) >= 11 is 0. The van der Waals surface area contributed by atoms with Gasteiger partial charge < -0.3 is 14.7 Å². The van der Waals surface area contributed by atoms with Crippen LogP contribution in [0.3, 0.4) is 0 Å². The van der Waals surface area contributed by atoms with Crippen LogP contribution in [0.25, 0.3) is 0 Å². The average Bonchev–Trinajstić information content (AvgIpc) is 3.10. The molecule has 5 rings (SSSR count). The molecule has 0 aromatic carbocycles. The fourth-order valence-corrected chi connectivity index (χ4v) is 7.27. The van der Waals surface area contributed by atoms with Crippen LogP contribution in [0.5, 0.6) is 0 Å². The Morgan fingerprint density at radius 2 is 1.83 bits per heavy atom. The smallest absolute Gasteiger partial charge is 0.273 e. The third-order valence-electron chi connectivity index (χ3n) is 6.93. The van der Waals surface area contributed by atoms with Crippen LogP contribution in [-0.2, 0) is 10.0 Å². The summed E-state index contributed by atoms with van der Waals surface area (Å²) in [5.41, 5.74) is 0.333. The van der Waals surface area contributed by atoms with Gasteiger partial charge in [0.25, 0.3) is 5.91 Å². The molecule has 1 saturated carbocycles. The number of carbonyl (C=O) groups excluding carboxylic acids is 1. The molecule has 3 aliphatic heterocycles. The second-order valence-electron chi connectivity index (χ2n) is 9.11. The Hall–Kier alpha value is -1.45. The van der Waals surface area contributed by atoms with Crippen LogP contribution < -0.4 is 5.32 Å². The van der Waals surface area contributed by atoms with Gasteiger partial charge in [-0.1, -0.05) is 5.16 Å². The van der Waals surface area contributed by atoms with Crippen LogP contribution in [0.15, 0.2) is 10.6 Å². The van der Waals surface area contributed by atoms with E-state index in [9.17, 15) is 13.2 Å². The topological polar surface area (TPSA) is 95.8 Å². The first-order valence-corrected chi connectivity index (χ1v) is 12.6. The lowest BCUT2D eigenvalue weighted by Gasteiger charge is -2.38. The zero-order valence-corrected chi connectivity index (χ0v) is 17.6. The van der Waals surface area contributed by atoms with Gasteiger partial charge in [0.05, 0.1) is 5.75 Å². The number of likely N-dealkylation sites (tertiary alicyclic amines) is 1. The van der Waals surface area contributed by atoms with E-state index in [2.05, 4.69) is 15.4 Å². The molecular weight excluding hydrogens is 392 g/mol. The minimum absolute atomic E-state index is 0.00182. The van der Waals surface area contributed by atoms with Crippen molar-refractivity contribution in [3.63, 3.8) is 0 Å². The minimum atomic E-state index is -3.26. The molecule has 1 aromatic heterocycles. The van der Waals surface area contributed by atoms with E-state index >= 15 is 0 Å². The molecule has 4 heterocycles. The van der Waals surface area contributed by atoms with Crippen LogP contribution in [0.4, 0.5) is 0 Å². The van der Waals surface area contributed by atoms with E-state index in [1.54, 1.807) is 10.4 Å². The number of nitrogens with one attached hydrogen (secondary N) is 1. The fraction of sp³-hybridized carbons (Fsp3) is 0.800. The molecule has 3 atom stereocenters. The molecule has 1 aromatic rings. The van der Waals surface area contributed by atoms with Gasteiger partial charge in [0.2, 0.25) is 10.0 Å². The number of hydrogen-bond donors (Lipinski definition) is 1. The van der Waals surface area contributed by atoms with Crippen LogP contribution in [0.1, 0.15) is 73.5 Å². The van der Waals surface area contributed by atoms with Crippen molar-refractivity contribution in [3.05, 3.63) is 17.5 Å². The molecular formula is C20H30N4O4S. The van der Waals surface area contributed by atoms with Gasteiger partial charge in [0, 0.05) is 36.7 Å². The SMILES string of the molecule is O=C(N[C@@H]1C[C@H]2CC[C@@H](C1)N2S(=O)(=O)CCN1CCCC1)c1cc(C2CC2)on1. The first-order chi connectivity index (χ1) is 14.0. The molecule has 8 nitrogen and oxygen atoms in total. The van der Waals surface area contributed by atoms with Gasteiger partial charge in [0.1, 0.15) is 5.76 Å². The molecule has 1 aliphatic carbocycles. The number of hydrogen-bond acceptors (Lipinski definition) is 6. The van der Waals surface area contributed by atoms with Gasteiger partial charge in [-0.05, 0) is 64.5 Å². The molecule has 0 unspecified atom stereocenters. The molecule has 3 saturated heterocycles. The summed E-state index contributed by atoms with van der Waals surface area (Å²) in [6, 6.07) is 1.74. The number of amides is 1. The van der Waals surface area contributed by atoms with Crippen molar-refractivity contribution >= 4 is 15.9 Å². The zero-order chi connectivity index (χ0) is 20.0. The van der Waals surface area contributed by atoms with Crippen molar-refractivity contribution in [2.45, 2.75) is 75.4 Å². The van der Waals surface area contributed by atoms with Crippen molar-refractivity contribution in [1.82, 2.24) is 19.7 Å². The lowest BCUT2D eigenvalue weighted by Crippen LogP contribution is -2.53. The van der Waals surface area contributed by atoms with Gasteiger partial charge in [-0.15, -0.1) is 0 Å². The largest absolute Gasteiger partial charge is 0.360 e. The molecule has 29 heavy (non-hydrogen) atoms. The van der Waals surface area contributed by atoms with Crippen molar-refractivity contribution in [1.29, 1.82) is 0 Å². The van der Waals surface area contributed by atoms with E-state index in [0.717, 1.165) is 44.5 Å². The highest BCUT2D eigenvalue weighted by Crippen LogP contribution is 2.40. The first kappa shape index (κ1) is 19.5. The van der Waals surface area contributed by atoms with E-state index in [4.69, 9.17) is 4.52 Å². The van der Waals surface area contributed by atoms with Crippen LogP contribution in [-0.4, -0.2) is 72.2 Å². The van der Waals surface area contributed by atoms with Gasteiger partial charge in [-0.2, -0.15) is 4.31 Å². The fourth-order valence-electron chi connectivity index (χ4n) is 5.28. The Kier molecular flexibility index (Phi) is 5.16. The summed E-state index contributed by atoms with van der Waals surface area (Å²) in [5, 5.41) is 6.98. The predicted molar refractivity (Wildman–Crippen MR) is 107 cm³/mol. The third-order valence-corrected chi connectivity index (χ3v) is 8.86. The number of fused-ring (bicyclic) bond motifs is 2. The maximum atomic E-state index is 13.0. The highest BCUT2D eigenvalue weighted by Gasteiger charge is 2.47. The van der Waals surface area contributed by atoms with Crippen molar-refractivity contribution in [2.24, 2.45) is 0 Å². The number of carbonyl (C=O) groups is 1.